The summed E-state index contributed by atoms with van der Waals surface area (Å²) in [6, 6.07) is 4.28. The standard InChI is InChI=1S/C13H19ClFNO2S/c1-10-5-6-12(9-13(10)15)11(2)16-19(17,18)8-4-3-7-14/h5-6,9,11,16H,3-4,7-8H2,1-2H3. The van der Waals surface area contributed by atoms with Crippen LogP contribution in [0.3, 0.4) is 0 Å². The average Bonchev–Trinajstić information content (AvgIpc) is 2.32. The van der Waals surface area contributed by atoms with Gasteiger partial charge in [0.25, 0.3) is 0 Å². The molecule has 0 saturated carbocycles. The van der Waals surface area contributed by atoms with E-state index >= 15 is 0 Å². The second kappa shape index (κ2) is 7.22. The molecule has 6 heteroatoms. The fraction of sp³-hybridized carbons (Fsp3) is 0.538. The molecule has 0 bridgehead atoms. The Morgan fingerprint density at radius 1 is 1.37 bits per heavy atom. The Morgan fingerprint density at radius 2 is 2.05 bits per heavy atom. The maximum absolute atomic E-state index is 13.4. The van der Waals surface area contributed by atoms with Crippen molar-refractivity contribution in [3.05, 3.63) is 35.1 Å². The lowest BCUT2D eigenvalue weighted by Crippen LogP contribution is -2.29. The fourth-order valence-corrected chi connectivity index (χ4v) is 3.23. The molecule has 0 amide bonds. The van der Waals surface area contributed by atoms with Gasteiger partial charge in [0.15, 0.2) is 0 Å². The van der Waals surface area contributed by atoms with Crippen LogP contribution < -0.4 is 4.72 Å². The molecule has 1 unspecified atom stereocenters. The minimum atomic E-state index is -3.36. The van der Waals surface area contributed by atoms with Crippen molar-refractivity contribution >= 4 is 21.6 Å². The Kier molecular flexibility index (Phi) is 6.23. The van der Waals surface area contributed by atoms with Crippen molar-refractivity contribution in [3.8, 4) is 0 Å². The molecule has 1 N–H and O–H groups in total. The number of rotatable bonds is 7. The van der Waals surface area contributed by atoms with Gasteiger partial charge in [-0.15, -0.1) is 11.6 Å². The van der Waals surface area contributed by atoms with E-state index in [1.165, 1.54) is 6.07 Å². The summed E-state index contributed by atoms with van der Waals surface area (Å²) in [5.74, 6) is 0.165. The summed E-state index contributed by atoms with van der Waals surface area (Å²) in [6.07, 6.45) is 1.18. The average molecular weight is 308 g/mol. The molecule has 0 fully saturated rings. The molecule has 1 aromatic rings. The highest BCUT2D eigenvalue weighted by molar-refractivity contribution is 7.89. The molecule has 1 rings (SSSR count). The summed E-state index contributed by atoms with van der Waals surface area (Å²) in [5.41, 5.74) is 1.16. The number of aryl methyl sites for hydroxylation is 1. The minimum Gasteiger partial charge on any atom is -0.212 e. The SMILES string of the molecule is Cc1ccc(C(C)NS(=O)(=O)CCCCCl)cc1F. The molecule has 1 aromatic carbocycles. The lowest BCUT2D eigenvalue weighted by Gasteiger charge is -2.15. The van der Waals surface area contributed by atoms with Gasteiger partial charge in [0.2, 0.25) is 10.0 Å². The van der Waals surface area contributed by atoms with Gasteiger partial charge in [0.1, 0.15) is 5.82 Å². The van der Waals surface area contributed by atoms with E-state index in [2.05, 4.69) is 4.72 Å². The van der Waals surface area contributed by atoms with Gasteiger partial charge >= 0.3 is 0 Å². The van der Waals surface area contributed by atoms with Crippen LogP contribution in [0.2, 0.25) is 0 Å². The molecule has 1 atom stereocenters. The quantitative estimate of drug-likeness (QED) is 0.621. The van der Waals surface area contributed by atoms with Crippen LogP contribution in [-0.4, -0.2) is 20.1 Å². The predicted octanol–water partition coefficient (Wildman–Crippen LogP) is 3.13. The highest BCUT2D eigenvalue weighted by Crippen LogP contribution is 2.17. The van der Waals surface area contributed by atoms with E-state index in [1.807, 2.05) is 0 Å². The monoisotopic (exact) mass is 307 g/mol. The van der Waals surface area contributed by atoms with Gasteiger partial charge in [-0.05, 0) is 43.9 Å². The van der Waals surface area contributed by atoms with Crippen molar-refractivity contribution in [2.24, 2.45) is 0 Å². The molecule has 108 valence electrons. The number of nitrogens with one attached hydrogen (secondary N) is 1. The molecule has 0 aliphatic carbocycles. The largest absolute Gasteiger partial charge is 0.212 e. The summed E-state index contributed by atoms with van der Waals surface area (Å²) in [5, 5.41) is 0. The molecular weight excluding hydrogens is 289 g/mol. The van der Waals surface area contributed by atoms with E-state index in [-0.39, 0.29) is 11.6 Å². The first kappa shape index (κ1) is 16.4. The van der Waals surface area contributed by atoms with Crippen LogP contribution in [-0.2, 0) is 10.0 Å². The topological polar surface area (TPSA) is 46.2 Å². The lowest BCUT2D eigenvalue weighted by atomic mass is 10.1. The molecule has 0 saturated heterocycles. The van der Waals surface area contributed by atoms with Gasteiger partial charge < -0.3 is 0 Å². The third kappa shape index (κ3) is 5.47. The van der Waals surface area contributed by atoms with Crippen molar-refractivity contribution in [2.75, 3.05) is 11.6 Å². The third-order valence-corrected chi connectivity index (χ3v) is 4.65. The Labute approximate surface area is 119 Å². The van der Waals surface area contributed by atoms with Gasteiger partial charge in [-0.2, -0.15) is 0 Å². The second-order valence-corrected chi connectivity index (χ2v) is 6.81. The zero-order valence-corrected chi connectivity index (χ0v) is 12.7. The summed E-state index contributed by atoms with van der Waals surface area (Å²) in [7, 11) is -3.36. The number of alkyl halides is 1. The summed E-state index contributed by atoms with van der Waals surface area (Å²) in [6.45, 7) is 3.36. The first-order chi connectivity index (χ1) is 8.85. The van der Waals surface area contributed by atoms with Gasteiger partial charge in [0, 0.05) is 11.9 Å². The van der Waals surface area contributed by atoms with Crippen molar-refractivity contribution < 1.29 is 12.8 Å². The van der Waals surface area contributed by atoms with Crippen LogP contribution in [0.25, 0.3) is 0 Å². The summed E-state index contributed by atoms with van der Waals surface area (Å²) >= 11 is 5.51. The molecule has 3 nitrogen and oxygen atoms in total. The Hall–Kier alpha value is -0.650. The zero-order valence-electron chi connectivity index (χ0n) is 11.1. The Bertz CT molecular complexity index is 519. The van der Waals surface area contributed by atoms with Crippen molar-refractivity contribution in [1.82, 2.24) is 4.72 Å². The van der Waals surface area contributed by atoms with Crippen molar-refractivity contribution in [3.63, 3.8) is 0 Å². The van der Waals surface area contributed by atoms with Crippen LogP contribution >= 0.6 is 11.6 Å². The van der Waals surface area contributed by atoms with E-state index in [4.69, 9.17) is 11.6 Å². The molecule has 0 aromatic heterocycles. The first-order valence-corrected chi connectivity index (χ1v) is 8.36. The molecule has 0 heterocycles. The molecule has 0 spiro atoms. The van der Waals surface area contributed by atoms with Crippen LogP contribution in [0.5, 0.6) is 0 Å². The van der Waals surface area contributed by atoms with Crippen molar-refractivity contribution in [1.29, 1.82) is 0 Å². The molecule has 0 aliphatic heterocycles. The van der Waals surface area contributed by atoms with E-state index in [0.29, 0.717) is 29.8 Å². The third-order valence-electron chi connectivity index (χ3n) is 2.85. The van der Waals surface area contributed by atoms with Crippen LogP contribution in [0.1, 0.15) is 36.9 Å². The molecule has 19 heavy (non-hydrogen) atoms. The van der Waals surface area contributed by atoms with Crippen molar-refractivity contribution in [2.45, 2.75) is 32.7 Å². The highest BCUT2D eigenvalue weighted by atomic mass is 35.5. The highest BCUT2D eigenvalue weighted by Gasteiger charge is 2.16. The van der Waals surface area contributed by atoms with E-state index < -0.39 is 16.1 Å². The first-order valence-electron chi connectivity index (χ1n) is 6.18. The minimum absolute atomic E-state index is 0.0401. The van der Waals surface area contributed by atoms with E-state index in [1.54, 1.807) is 26.0 Å². The summed E-state index contributed by atoms with van der Waals surface area (Å²) < 4.78 is 39.6. The summed E-state index contributed by atoms with van der Waals surface area (Å²) in [4.78, 5) is 0. The van der Waals surface area contributed by atoms with E-state index in [9.17, 15) is 12.8 Å². The number of hydrogen-bond acceptors (Lipinski definition) is 2. The van der Waals surface area contributed by atoms with Crippen LogP contribution in [0, 0.1) is 12.7 Å². The Balaban J connectivity index is 2.67. The number of sulfonamides is 1. The molecular formula is C13H19ClFNO2S. The molecule has 0 radical (unpaired) electrons. The number of benzene rings is 1. The zero-order chi connectivity index (χ0) is 14.5. The predicted molar refractivity (Wildman–Crippen MR) is 76.4 cm³/mol. The maximum Gasteiger partial charge on any atom is 0.212 e. The second-order valence-electron chi connectivity index (χ2n) is 4.56. The lowest BCUT2D eigenvalue weighted by molar-refractivity contribution is 0.561. The number of halogens is 2. The van der Waals surface area contributed by atoms with Gasteiger partial charge in [-0.25, -0.2) is 17.5 Å². The van der Waals surface area contributed by atoms with Gasteiger partial charge in [0.05, 0.1) is 5.75 Å². The molecule has 0 aliphatic rings. The van der Waals surface area contributed by atoms with Crippen LogP contribution in [0.15, 0.2) is 18.2 Å². The number of unbranched alkanes of at least 4 members (excludes halogenated alkanes) is 1. The normalized spacial score (nSPS) is 13.5. The number of hydrogen-bond donors (Lipinski definition) is 1. The Morgan fingerprint density at radius 3 is 2.63 bits per heavy atom. The van der Waals surface area contributed by atoms with Crippen LogP contribution in [0.4, 0.5) is 4.39 Å². The maximum atomic E-state index is 13.4. The fourth-order valence-electron chi connectivity index (χ4n) is 1.66. The van der Waals surface area contributed by atoms with Gasteiger partial charge in [-0.3, -0.25) is 0 Å². The smallest absolute Gasteiger partial charge is 0.212 e. The van der Waals surface area contributed by atoms with E-state index in [0.717, 1.165) is 0 Å². The van der Waals surface area contributed by atoms with Gasteiger partial charge in [-0.1, -0.05) is 12.1 Å².